The molecule has 2 aromatic carbocycles. The number of amidine groups is 1. The molecule has 0 saturated carbocycles. The van der Waals surface area contributed by atoms with Crippen molar-refractivity contribution < 1.29 is 19.4 Å². The average Bonchev–Trinajstić information content (AvgIpc) is 2.90. The molecule has 27 heavy (non-hydrogen) atoms. The minimum absolute atomic E-state index is 0.135. The van der Waals surface area contributed by atoms with Crippen LogP contribution in [-0.2, 0) is 9.59 Å². The number of rotatable bonds is 5. The molecule has 1 aliphatic rings. The Balaban J connectivity index is 1.83. The van der Waals surface area contributed by atoms with Gasteiger partial charge in [0.2, 0.25) is 0 Å². The molecule has 0 aromatic heterocycles. The van der Waals surface area contributed by atoms with E-state index in [-0.39, 0.29) is 5.91 Å². The fourth-order valence-electron chi connectivity index (χ4n) is 2.43. The number of hydrogen-bond donors (Lipinski definition) is 1. The third-order valence-corrected chi connectivity index (χ3v) is 4.91. The number of aryl methyl sites for hydroxylation is 1. The third-order valence-electron chi connectivity index (χ3n) is 3.85. The van der Waals surface area contributed by atoms with Crippen LogP contribution in [0.25, 0.3) is 6.08 Å². The zero-order valence-corrected chi connectivity index (χ0v) is 15.7. The summed E-state index contributed by atoms with van der Waals surface area (Å²) in [4.78, 5) is 29.8. The van der Waals surface area contributed by atoms with Crippen LogP contribution in [0.2, 0.25) is 0 Å². The van der Waals surface area contributed by atoms with Crippen LogP contribution in [0.4, 0.5) is 5.69 Å². The molecule has 1 fully saturated rings. The van der Waals surface area contributed by atoms with Crippen LogP contribution in [0.15, 0.2) is 58.4 Å². The lowest BCUT2D eigenvalue weighted by molar-refractivity contribution is -0.139. The fraction of sp³-hybridized carbons (Fsp3) is 0.150. The Hall–Kier alpha value is -3.06. The second-order valence-corrected chi connectivity index (χ2v) is 6.92. The number of aliphatic carboxylic acids is 1. The van der Waals surface area contributed by atoms with Crippen molar-refractivity contribution in [1.29, 1.82) is 0 Å². The predicted octanol–water partition coefficient (Wildman–Crippen LogP) is 3.69. The molecule has 6 nitrogen and oxygen atoms in total. The van der Waals surface area contributed by atoms with Crippen LogP contribution >= 0.6 is 11.8 Å². The molecule has 1 heterocycles. The molecule has 0 radical (unpaired) electrons. The SMILES string of the molecule is Cc1ccccc1N=C1S/C(=C/c2cccc(OCC(=O)O)c2)C(=O)N1C. The van der Waals surface area contributed by atoms with Crippen molar-refractivity contribution in [2.45, 2.75) is 6.92 Å². The molecule has 0 unspecified atom stereocenters. The number of carboxylic acids is 1. The molecule has 1 aliphatic heterocycles. The van der Waals surface area contributed by atoms with E-state index in [1.54, 1.807) is 31.3 Å². The molecule has 0 bridgehead atoms. The Morgan fingerprint density at radius 1 is 1.26 bits per heavy atom. The maximum absolute atomic E-state index is 12.5. The van der Waals surface area contributed by atoms with E-state index in [1.165, 1.54) is 16.7 Å². The van der Waals surface area contributed by atoms with Gasteiger partial charge in [0.1, 0.15) is 5.75 Å². The number of amides is 1. The number of benzene rings is 2. The normalized spacial score (nSPS) is 17.0. The molecule has 7 heteroatoms. The predicted molar refractivity (Wildman–Crippen MR) is 106 cm³/mol. The molecule has 1 amide bonds. The lowest BCUT2D eigenvalue weighted by Crippen LogP contribution is -2.23. The van der Waals surface area contributed by atoms with Crippen LogP contribution < -0.4 is 4.74 Å². The molecule has 2 aromatic rings. The first-order chi connectivity index (χ1) is 12.9. The van der Waals surface area contributed by atoms with Crippen molar-refractivity contribution in [2.75, 3.05) is 13.7 Å². The van der Waals surface area contributed by atoms with Crippen molar-refractivity contribution in [2.24, 2.45) is 4.99 Å². The van der Waals surface area contributed by atoms with E-state index < -0.39 is 12.6 Å². The smallest absolute Gasteiger partial charge is 0.341 e. The minimum Gasteiger partial charge on any atom is -0.482 e. The first-order valence-electron chi connectivity index (χ1n) is 8.20. The molecule has 138 valence electrons. The Morgan fingerprint density at radius 2 is 2.04 bits per heavy atom. The van der Waals surface area contributed by atoms with Gasteiger partial charge in [-0.05, 0) is 54.1 Å². The van der Waals surface area contributed by atoms with Crippen molar-refractivity contribution in [3.05, 3.63) is 64.6 Å². The van der Waals surface area contributed by atoms with E-state index in [9.17, 15) is 9.59 Å². The van der Waals surface area contributed by atoms with Gasteiger partial charge in [0.25, 0.3) is 5.91 Å². The lowest BCUT2D eigenvalue weighted by atomic mass is 10.2. The van der Waals surface area contributed by atoms with Gasteiger partial charge < -0.3 is 9.84 Å². The maximum Gasteiger partial charge on any atom is 0.341 e. The number of likely N-dealkylation sites (N-methyl/N-ethyl adjacent to an activating group) is 1. The van der Waals surface area contributed by atoms with Crippen LogP contribution in [0.3, 0.4) is 0 Å². The van der Waals surface area contributed by atoms with Crippen LogP contribution in [0.1, 0.15) is 11.1 Å². The van der Waals surface area contributed by atoms with Gasteiger partial charge in [0.05, 0.1) is 10.6 Å². The van der Waals surface area contributed by atoms with Crippen LogP contribution in [0, 0.1) is 6.92 Å². The summed E-state index contributed by atoms with van der Waals surface area (Å²) >= 11 is 1.30. The summed E-state index contributed by atoms with van der Waals surface area (Å²) in [6, 6.07) is 14.7. The highest BCUT2D eigenvalue weighted by molar-refractivity contribution is 8.18. The second-order valence-electron chi connectivity index (χ2n) is 5.91. The van der Waals surface area contributed by atoms with Gasteiger partial charge in [0, 0.05) is 7.05 Å². The molecule has 0 spiro atoms. The van der Waals surface area contributed by atoms with Crippen LogP contribution in [0.5, 0.6) is 5.75 Å². The van der Waals surface area contributed by atoms with Gasteiger partial charge in [-0.15, -0.1) is 0 Å². The molecule has 1 saturated heterocycles. The summed E-state index contributed by atoms with van der Waals surface area (Å²) in [5.41, 5.74) is 2.61. The van der Waals surface area contributed by atoms with Gasteiger partial charge in [0.15, 0.2) is 11.8 Å². The summed E-state index contributed by atoms with van der Waals surface area (Å²) in [6.45, 7) is 1.56. The van der Waals surface area contributed by atoms with E-state index in [0.29, 0.717) is 15.8 Å². The molecule has 0 aliphatic carbocycles. The van der Waals surface area contributed by atoms with Crippen molar-refractivity contribution in [3.8, 4) is 5.75 Å². The Labute approximate surface area is 161 Å². The third kappa shape index (κ3) is 4.57. The monoisotopic (exact) mass is 382 g/mol. The van der Waals surface area contributed by atoms with E-state index >= 15 is 0 Å². The highest BCUT2D eigenvalue weighted by atomic mass is 32.2. The Kier molecular flexibility index (Phi) is 5.61. The fourth-order valence-corrected chi connectivity index (χ4v) is 3.41. The number of carbonyl (C=O) groups is 2. The summed E-state index contributed by atoms with van der Waals surface area (Å²) in [6.07, 6.45) is 1.75. The number of carbonyl (C=O) groups excluding carboxylic acids is 1. The largest absolute Gasteiger partial charge is 0.482 e. The molecule has 3 rings (SSSR count). The Morgan fingerprint density at radius 3 is 2.78 bits per heavy atom. The zero-order chi connectivity index (χ0) is 19.4. The number of aliphatic imine (C=N–C) groups is 1. The van der Waals surface area contributed by atoms with Crippen molar-refractivity contribution in [1.82, 2.24) is 4.90 Å². The van der Waals surface area contributed by atoms with E-state index in [4.69, 9.17) is 9.84 Å². The number of hydrogen-bond acceptors (Lipinski definition) is 5. The number of thioether (sulfide) groups is 1. The average molecular weight is 382 g/mol. The number of carboxylic acid groups (broad SMARTS) is 1. The lowest BCUT2D eigenvalue weighted by Gasteiger charge is -2.08. The quantitative estimate of drug-likeness (QED) is 0.798. The first kappa shape index (κ1) is 18.7. The topological polar surface area (TPSA) is 79.2 Å². The van der Waals surface area contributed by atoms with E-state index in [1.807, 2.05) is 37.3 Å². The number of para-hydroxylation sites is 1. The molecule has 1 N–H and O–H groups in total. The van der Waals surface area contributed by atoms with Gasteiger partial charge >= 0.3 is 5.97 Å². The minimum atomic E-state index is -1.04. The van der Waals surface area contributed by atoms with Crippen LogP contribution in [-0.4, -0.2) is 40.7 Å². The number of nitrogens with zero attached hydrogens (tertiary/aromatic N) is 2. The standard InChI is InChI=1S/C20H18N2O4S/c1-13-6-3-4-9-16(13)21-20-22(2)19(25)17(27-20)11-14-7-5-8-15(10-14)26-12-18(23)24/h3-11H,12H2,1-2H3,(H,23,24)/b17-11+,21-20?. The molecule has 0 atom stereocenters. The van der Waals surface area contributed by atoms with Crippen molar-refractivity contribution >= 4 is 40.6 Å². The Bertz CT molecular complexity index is 953. The van der Waals surface area contributed by atoms with E-state index in [0.717, 1.165) is 16.8 Å². The highest BCUT2D eigenvalue weighted by Gasteiger charge is 2.30. The second kappa shape index (κ2) is 8.09. The summed E-state index contributed by atoms with van der Waals surface area (Å²) < 4.78 is 5.18. The first-order valence-corrected chi connectivity index (χ1v) is 9.02. The number of ether oxygens (including phenoxy) is 1. The summed E-state index contributed by atoms with van der Waals surface area (Å²) in [5.74, 6) is -0.743. The summed E-state index contributed by atoms with van der Waals surface area (Å²) in [5, 5.41) is 9.31. The maximum atomic E-state index is 12.5. The van der Waals surface area contributed by atoms with E-state index in [2.05, 4.69) is 4.99 Å². The summed E-state index contributed by atoms with van der Waals surface area (Å²) in [7, 11) is 1.69. The van der Waals surface area contributed by atoms with Crippen molar-refractivity contribution in [3.63, 3.8) is 0 Å². The zero-order valence-electron chi connectivity index (χ0n) is 14.9. The van der Waals surface area contributed by atoms with Gasteiger partial charge in [-0.3, -0.25) is 9.69 Å². The molecular formula is C20H18N2O4S. The highest BCUT2D eigenvalue weighted by Crippen LogP contribution is 2.34. The van der Waals surface area contributed by atoms with Gasteiger partial charge in [-0.2, -0.15) is 0 Å². The van der Waals surface area contributed by atoms with Gasteiger partial charge in [-0.25, -0.2) is 9.79 Å². The van der Waals surface area contributed by atoms with Gasteiger partial charge in [-0.1, -0.05) is 30.3 Å². The molecular weight excluding hydrogens is 364 g/mol.